The molecule has 0 radical (unpaired) electrons. The van der Waals surface area contributed by atoms with Crippen molar-refractivity contribution >= 4 is 29.0 Å². The Morgan fingerprint density at radius 2 is 2.17 bits per heavy atom. The Kier molecular flexibility index (Phi) is 3.48. The van der Waals surface area contributed by atoms with E-state index in [0.717, 1.165) is 5.56 Å². The maximum atomic E-state index is 12.0. The number of benzene rings is 1. The molecule has 0 fully saturated rings. The van der Waals surface area contributed by atoms with E-state index in [-0.39, 0.29) is 5.91 Å². The molecule has 0 aliphatic carbocycles. The molecule has 1 amide bonds. The van der Waals surface area contributed by atoms with Gasteiger partial charge in [0.15, 0.2) is 0 Å². The van der Waals surface area contributed by atoms with Gasteiger partial charge in [-0.25, -0.2) is 4.98 Å². The number of hydrogen-bond donors (Lipinski definition) is 2. The summed E-state index contributed by atoms with van der Waals surface area (Å²) in [5.41, 5.74) is 7.35. The lowest BCUT2D eigenvalue weighted by Crippen LogP contribution is -2.14. The standard InChI is InChI=1S/C13H12ClN3O/c1-8-3-2-6-16-12(8)17-13(18)10-5-4-9(15)7-11(10)14/h2-7H,15H2,1H3,(H,16,17,18). The number of carbonyl (C=O) groups is 1. The molecule has 1 aromatic heterocycles. The van der Waals surface area contributed by atoms with Gasteiger partial charge < -0.3 is 11.1 Å². The van der Waals surface area contributed by atoms with Crippen LogP contribution in [0.15, 0.2) is 36.5 Å². The average Bonchev–Trinajstić information content (AvgIpc) is 2.32. The largest absolute Gasteiger partial charge is 0.399 e. The van der Waals surface area contributed by atoms with Gasteiger partial charge in [0.1, 0.15) is 5.82 Å². The first-order valence-corrected chi connectivity index (χ1v) is 5.73. The zero-order chi connectivity index (χ0) is 13.1. The monoisotopic (exact) mass is 261 g/mol. The van der Waals surface area contributed by atoms with Crippen LogP contribution in [0.4, 0.5) is 11.5 Å². The molecule has 3 N–H and O–H groups in total. The number of nitrogens with zero attached hydrogens (tertiary/aromatic N) is 1. The van der Waals surface area contributed by atoms with E-state index in [0.29, 0.717) is 22.1 Å². The minimum Gasteiger partial charge on any atom is -0.399 e. The van der Waals surface area contributed by atoms with E-state index in [1.54, 1.807) is 30.5 Å². The predicted molar refractivity (Wildman–Crippen MR) is 72.8 cm³/mol. The van der Waals surface area contributed by atoms with Gasteiger partial charge in [-0.05, 0) is 36.8 Å². The smallest absolute Gasteiger partial charge is 0.258 e. The van der Waals surface area contributed by atoms with Crippen LogP contribution in [0, 0.1) is 6.92 Å². The van der Waals surface area contributed by atoms with Crippen molar-refractivity contribution < 1.29 is 4.79 Å². The summed E-state index contributed by atoms with van der Waals surface area (Å²) in [6.45, 7) is 1.87. The fraction of sp³-hybridized carbons (Fsp3) is 0.0769. The summed E-state index contributed by atoms with van der Waals surface area (Å²) >= 11 is 5.97. The Bertz CT molecular complexity index is 599. The molecule has 0 atom stereocenters. The second-order valence-electron chi connectivity index (χ2n) is 3.86. The molecule has 0 aliphatic heterocycles. The first kappa shape index (κ1) is 12.4. The van der Waals surface area contributed by atoms with Gasteiger partial charge in [0.05, 0.1) is 10.6 Å². The average molecular weight is 262 g/mol. The van der Waals surface area contributed by atoms with E-state index < -0.39 is 0 Å². The van der Waals surface area contributed by atoms with Crippen LogP contribution < -0.4 is 11.1 Å². The number of anilines is 2. The fourth-order valence-corrected chi connectivity index (χ4v) is 1.78. The van der Waals surface area contributed by atoms with Gasteiger partial charge in [-0.1, -0.05) is 17.7 Å². The lowest BCUT2D eigenvalue weighted by molar-refractivity contribution is 0.102. The van der Waals surface area contributed by atoms with E-state index in [4.69, 9.17) is 17.3 Å². The number of carbonyl (C=O) groups excluding carboxylic acids is 1. The van der Waals surface area contributed by atoms with Gasteiger partial charge in [-0.2, -0.15) is 0 Å². The highest BCUT2D eigenvalue weighted by atomic mass is 35.5. The van der Waals surface area contributed by atoms with Crippen LogP contribution in [0.3, 0.4) is 0 Å². The van der Waals surface area contributed by atoms with E-state index in [1.165, 1.54) is 0 Å². The number of nitrogens with two attached hydrogens (primary N) is 1. The van der Waals surface area contributed by atoms with Crippen molar-refractivity contribution in [2.75, 3.05) is 11.1 Å². The SMILES string of the molecule is Cc1cccnc1NC(=O)c1ccc(N)cc1Cl. The molecule has 5 heteroatoms. The van der Waals surface area contributed by atoms with Crippen molar-refractivity contribution in [3.63, 3.8) is 0 Å². The summed E-state index contributed by atoms with van der Waals surface area (Å²) in [4.78, 5) is 16.1. The number of halogens is 1. The van der Waals surface area contributed by atoms with Crippen LogP contribution in [0.1, 0.15) is 15.9 Å². The number of nitrogens with one attached hydrogen (secondary N) is 1. The molecule has 4 nitrogen and oxygen atoms in total. The molecule has 0 aliphatic rings. The lowest BCUT2D eigenvalue weighted by atomic mass is 10.2. The number of aryl methyl sites for hydroxylation is 1. The normalized spacial score (nSPS) is 10.1. The number of amides is 1. The molecular formula is C13H12ClN3O. The summed E-state index contributed by atoms with van der Waals surface area (Å²) in [6, 6.07) is 8.44. The molecule has 18 heavy (non-hydrogen) atoms. The van der Waals surface area contributed by atoms with Crippen LogP contribution >= 0.6 is 11.6 Å². The molecule has 1 aromatic carbocycles. The first-order chi connectivity index (χ1) is 8.58. The Morgan fingerprint density at radius 1 is 1.39 bits per heavy atom. The number of nitrogen functional groups attached to an aromatic ring is 1. The Balaban J connectivity index is 2.25. The zero-order valence-corrected chi connectivity index (χ0v) is 10.5. The zero-order valence-electron chi connectivity index (χ0n) is 9.77. The van der Waals surface area contributed by atoms with Crippen molar-refractivity contribution in [3.8, 4) is 0 Å². The number of pyridine rings is 1. The van der Waals surface area contributed by atoms with Crippen LogP contribution in [0.5, 0.6) is 0 Å². The Morgan fingerprint density at radius 3 is 2.83 bits per heavy atom. The summed E-state index contributed by atoms with van der Waals surface area (Å²) < 4.78 is 0. The van der Waals surface area contributed by atoms with Gasteiger partial charge >= 0.3 is 0 Å². The van der Waals surface area contributed by atoms with Crippen LogP contribution in [0.25, 0.3) is 0 Å². The highest BCUT2D eigenvalue weighted by Crippen LogP contribution is 2.20. The Hall–Kier alpha value is -2.07. The Labute approximate surface area is 110 Å². The van der Waals surface area contributed by atoms with E-state index >= 15 is 0 Å². The number of hydrogen-bond acceptors (Lipinski definition) is 3. The lowest BCUT2D eigenvalue weighted by Gasteiger charge is -2.08. The van der Waals surface area contributed by atoms with E-state index in [2.05, 4.69) is 10.3 Å². The van der Waals surface area contributed by atoms with Crippen LogP contribution in [0.2, 0.25) is 5.02 Å². The molecule has 0 saturated carbocycles. The predicted octanol–water partition coefficient (Wildman–Crippen LogP) is 2.88. The molecule has 1 heterocycles. The highest BCUT2D eigenvalue weighted by molar-refractivity contribution is 6.34. The van der Waals surface area contributed by atoms with Crippen LogP contribution in [-0.4, -0.2) is 10.9 Å². The second kappa shape index (κ2) is 5.06. The van der Waals surface area contributed by atoms with Gasteiger partial charge in [-0.3, -0.25) is 4.79 Å². The molecule has 0 saturated heterocycles. The first-order valence-electron chi connectivity index (χ1n) is 5.36. The number of aromatic nitrogens is 1. The van der Waals surface area contributed by atoms with Crippen molar-refractivity contribution in [1.82, 2.24) is 4.98 Å². The maximum Gasteiger partial charge on any atom is 0.258 e. The third-order valence-electron chi connectivity index (χ3n) is 2.48. The van der Waals surface area contributed by atoms with Gasteiger partial charge in [0.2, 0.25) is 0 Å². The molecule has 2 rings (SSSR count). The summed E-state index contributed by atoms with van der Waals surface area (Å²) in [5.74, 6) is 0.220. The van der Waals surface area contributed by atoms with Crippen LogP contribution in [-0.2, 0) is 0 Å². The highest BCUT2D eigenvalue weighted by Gasteiger charge is 2.12. The maximum absolute atomic E-state index is 12.0. The molecule has 0 unspecified atom stereocenters. The second-order valence-corrected chi connectivity index (χ2v) is 4.27. The third-order valence-corrected chi connectivity index (χ3v) is 2.79. The third kappa shape index (κ3) is 2.60. The molecule has 92 valence electrons. The van der Waals surface area contributed by atoms with Gasteiger partial charge in [-0.15, -0.1) is 0 Å². The number of rotatable bonds is 2. The van der Waals surface area contributed by atoms with E-state index in [1.807, 2.05) is 13.0 Å². The summed E-state index contributed by atoms with van der Waals surface area (Å²) in [5, 5.41) is 3.03. The summed E-state index contributed by atoms with van der Waals surface area (Å²) in [6.07, 6.45) is 1.62. The molecule has 0 bridgehead atoms. The molecular weight excluding hydrogens is 250 g/mol. The van der Waals surface area contributed by atoms with E-state index in [9.17, 15) is 4.79 Å². The van der Waals surface area contributed by atoms with Crippen molar-refractivity contribution in [1.29, 1.82) is 0 Å². The quantitative estimate of drug-likeness (QED) is 0.817. The molecule has 0 spiro atoms. The van der Waals surface area contributed by atoms with Crippen molar-refractivity contribution in [3.05, 3.63) is 52.7 Å². The minimum absolute atomic E-state index is 0.304. The minimum atomic E-state index is -0.304. The summed E-state index contributed by atoms with van der Waals surface area (Å²) in [7, 11) is 0. The van der Waals surface area contributed by atoms with Crippen molar-refractivity contribution in [2.24, 2.45) is 0 Å². The van der Waals surface area contributed by atoms with Gasteiger partial charge in [0.25, 0.3) is 5.91 Å². The topological polar surface area (TPSA) is 68.0 Å². The molecule has 2 aromatic rings. The van der Waals surface area contributed by atoms with Gasteiger partial charge in [0, 0.05) is 11.9 Å². The van der Waals surface area contributed by atoms with Crippen molar-refractivity contribution in [2.45, 2.75) is 6.92 Å². The fourth-order valence-electron chi connectivity index (χ4n) is 1.51.